The van der Waals surface area contributed by atoms with Crippen molar-refractivity contribution in [3.63, 3.8) is 0 Å². The molecule has 0 bridgehead atoms. The number of phenols is 11. The van der Waals surface area contributed by atoms with Crippen molar-refractivity contribution in [1.29, 1.82) is 0 Å². The third kappa shape index (κ3) is 9.63. The molecular weight excluding hydrogens is 961 g/mol. The molecule has 0 aromatic heterocycles. The largest absolute Gasteiger partial charge is 0.508 e. The summed E-state index contributed by atoms with van der Waals surface area (Å²) in [5.41, 5.74) is 2.91. The Labute approximate surface area is 428 Å². The Hall–Kier alpha value is -9.60. The number of allylic oxidation sites excluding steroid dienone is 1. The molecule has 0 spiro atoms. The van der Waals surface area contributed by atoms with Crippen molar-refractivity contribution in [2.45, 2.75) is 36.6 Å². The zero-order valence-corrected chi connectivity index (χ0v) is 39.5. The van der Waals surface area contributed by atoms with Crippen molar-refractivity contribution >= 4 is 17.6 Å². The van der Waals surface area contributed by atoms with Crippen molar-refractivity contribution < 1.29 is 75.2 Å². The van der Waals surface area contributed by atoms with Gasteiger partial charge in [0.2, 0.25) is 0 Å². The summed E-state index contributed by atoms with van der Waals surface area (Å²) in [6.45, 7) is 0. The van der Waals surface area contributed by atoms with Crippen molar-refractivity contribution in [2.75, 3.05) is 0 Å². The molecule has 10 rings (SSSR count). The Morgan fingerprint density at radius 3 is 1.60 bits per heavy atom. The second-order valence-electron chi connectivity index (χ2n) is 18.7. The molecule has 2 aliphatic rings. The van der Waals surface area contributed by atoms with Crippen LogP contribution in [-0.4, -0.2) is 67.7 Å². The third-order valence-electron chi connectivity index (χ3n) is 14.0. The van der Waals surface area contributed by atoms with Gasteiger partial charge >= 0.3 is 0 Å². The quantitative estimate of drug-likeness (QED) is 0.0379. The van der Waals surface area contributed by atoms with Crippen LogP contribution in [-0.2, 0) is 11.2 Å². The average Bonchev–Trinajstić information content (AvgIpc) is 3.95. The molecule has 378 valence electrons. The lowest BCUT2D eigenvalue weighted by atomic mass is 9.72. The molecule has 0 amide bonds. The Balaban J connectivity index is 1.16. The van der Waals surface area contributed by atoms with Crippen LogP contribution in [0.2, 0.25) is 0 Å². The molecule has 2 aliphatic heterocycles. The fraction of sp³-hybridized carbons (Fsp3) is 0.133. The van der Waals surface area contributed by atoms with Crippen LogP contribution in [0.15, 0.2) is 164 Å². The highest BCUT2D eigenvalue weighted by atomic mass is 16.5. The van der Waals surface area contributed by atoms with Gasteiger partial charge in [-0.2, -0.15) is 0 Å². The summed E-state index contributed by atoms with van der Waals surface area (Å²) in [5, 5.41) is 119. The van der Waals surface area contributed by atoms with Crippen molar-refractivity contribution in [2.24, 2.45) is 11.8 Å². The van der Waals surface area contributed by atoms with Gasteiger partial charge in [0.25, 0.3) is 0 Å². The van der Waals surface area contributed by atoms with Gasteiger partial charge in [-0.3, -0.25) is 9.59 Å². The van der Waals surface area contributed by atoms with Crippen molar-refractivity contribution in [3.05, 3.63) is 219 Å². The van der Waals surface area contributed by atoms with E-state index in [0.717, 1.165) is 24.3 Å². The van der Waals surface area contributed by atoms with Crippen LogP contribution >= 0.6 is 0 Å². The Bertz CT molecular complexity index is 3520. The van der Waals surface area contributed by atoms with Gasteiger partial charge in [0.05, 0.1) is 29.3 Å². The van der Waals surface area contributed by atoms with Crippen LogP contribution in [0.25, 0.3) is 6.08 Å². The highest BCUT2D eigenvalue weighted by Crippen LogP contribution is 2.60. The fourth-order valence-corrected chi connectivity index (χ4v) is 10.5. The van der Waals surface area contributed by atoms with Gasteiger partial charge < -0.3 is 65.6 Å². The van der Waals surface area contributed by atoms with Gasteiger partial charge in [-0.25, -0.2) is 0 Å². The molecule has 11 N–H and O–H groups in total. The van der Waals surface area contributed by atoms with Crippen molar-refractivity contribution in [3.8, 4) is 69.0 Å². The van der Waals surface area contributed by atoms with E-state index < -0.39 is 76.5 Å². The summed E-state index contributed by atoms with van der Waals surface area (Å²) >= 11 is 0. The van der Waals surface area contributed by atoms with Crippen LogP contribution < -0.4 is 4.74 Å². The van der Waals surface area contributed by atoms with E-state index in [1.54, 1.807) is 54.6 Å². The number of carbonyl (C=O) groups excluding carboxylic acids is 2. The summed E-state index contributed by atoms with van der Waals surface area (Å²) in [7, 11) is 0. The monoisotopic (exact) mass is 1010 g/mol. The lowest BCUT2D eigenvalue weighted by Crippen LogP contribution is -2.27. The first-order chi connectivity index (χ1) is 36.0. The molecule has 8 aromatic rings. The first-order valence-electron chi connectivity index (χ1n) is 23.7. The number of ketones is 2. The topological polar surface area (TPSA) is 275 Å². The molecule has 1 fully saturated rings. The highest BCUT2D eigenvalue weighted by Gasteiger charge is 2.51. The van der Waals surface area contributed by atoms with Gasteiger partial charge in [-0.1, -0.05) is 54.6 Å². The lowest BCUT2D eigenvalue weighted by molar-refractivity contribution is 0.0254. The zero-order valence-electron chi connectivity index (χ0n) is 39.5. The first kappa shape index (κ1) is 49.0. The van der Waals surface area contributed by atoms with Crippen LogP contribution in [0.4, 0.5) is 0 Å². The van der Waals surface area contributed by atoms with E-state index in [2.05, 4.69) is 0 Å². The van der Waals surface area contributed by atoms with Crippen LogP contribution in [0.5, 0.6) is 69.0 Å². The van der Waals surface area contributed by atoms with Crippen molar-refractivity contribution in [1.82, 2.24) is 0 Å². The average molecular weight is 1010 g/mol. The number of phenolic OH excluding ortho intramolecular Hbond substituents is 11. The molecule has 0 unspecified atom stereocenters. The van der Waals surface area contributed by atoms with Crippen LogP contribution in [0.3, 0.4) is 0 Å². The van der Waals surface area contributed by atoms with Crippen LogP contribution in [0.1, 0.15) is 95.4 Å². The SMILES string of the molecule is O=C(/C=C/c1ccc2c(c1)[C@@H]([C@H](c1ccc(O)cc1O)c1cc([C@@H]3O[C@H](c4ccc(O)cc4)[C@@H](C(=O)c4ccc(O)cc4O)[C@@H]3Cc3ccc(O)cc3)c(O)cc1O)[C@H](c1ccc(O)cc1)O2)c1ccc(O)cc1O. The molecule has 0 radical (unpaired) electrons. The normalized spacial score (nSPS) is 19.4. The lowest BCUT2D eigenvalue weighted by Gasteiger charge is -2.31. The first-order valence-corrected chi connectivity index (χ1v) is 23.7. The Kier molecular flexibility index (Phi) is 12.9. The predicted molar refractivity (Wildman–Crippen MR) is 273 cm³/mol. The zero-order chi connectivity index (χ0) is 52.8. The van der Waals surface area contributed by atoms with E-state index in [1.807, 2.05) is 0 Å². The summed E-state index contributed by atoms with van der Waals surface area (Å²) < 4.78 is 13.7. The fourth-order valence-electron chi connectivity index (χ4n) is 10.5. The predicted octanol–water partition coefficient (Wildman–Crippen LogP) is 10.6. The van der Waals surface area contributed by atoms with E-state index in [0.29, 0.717) is 33.6 Å². The maximum Gasteiger partial charge on any atom is 0.189 e. The number of Topliss-reactive ketones (excluding diaryl/α,β-unsaturated/α-hetero) is 1. The molecule has 75 heavy (non-hydrogen) atoms. The maximum atomic E-state index is 15.1. The molecule has 15 heteroatoms. The number of carbonyl (C=O) groups is 2. The van der Waals surface area contributed by atoms with E-state index in [1.165, 1.54) is 91.0 Å². The molecule has 0 aliphatic carbocycles. The molecule has 0 saturated carbocycles. The van der Waals surface area contributed by atoms with E-state index in [4.69, 9.17) is 9.47 Å². The molecular formula is C60H48O15. The third-order valence-corrected chi connectivity index (χ3v) is 14.0. The maximum absolute atomic E-state index is 15.1. The number of ether oxygens (including phenoxy) is 2. The molecule has 1 saturated heterocycles. The smallest absolute Gasteiger partial charge is 0.189 e. The number of rotatable bonds is 13. The number of fused-ring (bicyclic) bond motifs is 1. The van der Waals surface area contributed by atoms with E-state index in [9.17, 15) is 61.0 Å². The molecule has 15 nitrogen and oxygen atoms in total. The summed E-state index contributed by atoms with van der Waals surface area (Å²) in [5.74, 6) is -7.88. The number of benzene rings is 8. The van der Waals surface area contributed by atoms with Gasteiger partial charge in [0, 0.05) is 64.3 Å². The summed E-state index contributed by atoms with van der Waals surface area (Å²) in [4.78, 5) is 28.4. The Morgan fingerprint density at radius 2 is 1.00 bits per heavy atom. The minimum absolute atomic E-state index is 0.0139. The van der Waals surface area contributed by atoms with E-state index >= 15 is 4.79 Å². The standard InChI is InChI=1S/C60H48O15/c61-34-9-1-30(2-10-34)24-46-56(57(73)42-20-17-39(66)27-50(42)70)59(33-7-13-36(63)14-8-33)75-60(46)44-28-43(51(71)29-52(44)72)54(41-19-16-38(65)26-49(41)69)55-45-23-31(3-21-47(67)40-18-15-37(64)25-48(40)68)4-22-53(45)74-58(55)32-5-11-35(62)12-6-32/h1-23,25-29,46,54-56,58-66,68-72H,24H2/b21-3+/t46-,54+,55-,56+,58-,59+,60-/m0/s1. The summed E-state index contributed by atoms with van der Waals surface area (Å²) in [6.07, 6.45) is -0.354. The van der Waals surface area contributed by atoms with Gasteiger partial charge in [0.15, 0.2) is 11.6 Å². The number of hydrogen-bond acceptors (Lipinski definition) is 15. The van der Waals surface area contributed by atoms with E-state index in [-0.39, 0.29) is 74.5 Å². The second-order valence-corrected chi connectivity index (χ2v) is 18.7. The molecule has 7 atom stereocenters. The Morgan fingerprint density at radius 1 is 0.467 bits per heavy atom. The second kappa shape index (κ2) is 19.8. The summed E-state index contributed by atoms with van der Waals surface area (Å²) in [6, 6.07) is 37.6. The minimum Gasteiger partial charge on any atom is -0.508 e. The van der Waals surface area contributed by atoms with Gasteiger partial charge in [-0.15, -0.1) is 0 Å². The number of aromatic hydroxyl groups is 11. The van der Waals surface area contributed by atoms with Gasteiger partial charge in [0.1, 0.15) is 75.1 Å². The molecule has 2 heterocycles. The molecule has 8 aromatic carbocycles. The van der Waals surface area contributed by atoms with Crippen LogP contribution in [0, 0.1) is 11.8 Å². The van der Waals surface area contributed by atoms with Gasteiger partial charge in [-0.05, 0) is 120 Å². The number of hydrogen-bond donors (Lipinski definition) is 11. The highest BCUT2D eigenvalue weighted by molar-refractivity contribution is 6.08. The minimum atomic E-state index is -1.19.